The molecular formula is C13H24N2O2. The Hall–Kier alpha value is -0.610. The highest BCUT2D eigenvalue weighted by molar-refractivity contribution is 5.86. The van der Waals surface area contributed by atoms with E-state index >= 15 is 0 Å². The number of piperidine rings is 1. The van der Waals surface area contributed by atoms with Gasteiger partial charge in [-0.15, -0.1) is 0 Å². The van der Waals surface area contributed by atoms with Gasteiger partial charge >= 0.3 is 0 Å². The lowest BCUT2D eigenvalue weighted by atomic mass is 9.90. The monoisotopic (exact) mass is 240 g/mol. The van der Waals surface area contributed by atoms with Crippen LogP contribution in [-0.2, 0) is 9.53 Å². The fraction of sp³-hybridized carbons (Fsp3) is 0.923. The first-order valence-electron chi connectivity index (χ1n) is 6.73. The van der Waals surface area contributed by atoms with Crippen LogP contribution in [0.15, 0.2) is 0 Å². The number of methoxy groups -OCH3 is 1. The van der Waals surface area contributed by atoms with Crippen molar-refractivity contribution in [3.8, 4) is 0 Å². The lowest BCUT2D eigenvalue weighted by Gasteiger charge is -2.34. The molecule has 2 N–H and O–H groups in total. The summed E-state index contributed by atoms with van der Waals surface area (Å²) in [5.74, 6) is 0.166. The zero-order valence-corrected chi connectivity index (χ0v) is 10.9. The first-order valence-corrected chi connectivity index (χ1v) is 6.73. The number of carbonyl (C=O) groups excluding carboxylic acids is 1. The van der Waals surface area contributed by atoms with Crippen LogP contribution in [0.25, 0.3) is 0 Å². The van der Waals surface area contributed by atoms with Crippen LogP contribution in [0.1, 0.15) is 45.4 Å². The lowest BCUT2D eigenvalue weighted by molar-refractivity contribution is -0.128. The minimum absolute atomic E-state index is 0.166. The summed E-state index contributed by atoms with van der Waals surface area (Å²) in [4.78, 5) is 12.3. The van der Waals surface area contributed by atoms with Gasteiger partial charge in [0.05, 0.1) is 11.6 Å². The van der Waals surface area contributed by atoms with Crippen molar-refractivity contribution in [1.29, 1.82) is 0 Å². The van der Waals surface area contributed by atoms with Crippen LogP contribution < -0.4 is 10.6 Å². The highest BCUT2D eigenvalue weighted by Gasteiger charge is 2.36. The number of carbonyl (C=O) groups is 1. The summed E-state index contributed by atoms with van der Waals surface area (Å²) in [7, 11) is 1.75. The standard InChI is InChI=1S/C13H24N2O2/c1-13(7-3-4-8-14-13)12(16)15-10-5-6-11(9-10)17-2/h10-11,14H,3-9H2,1-2H3,(H,15,16). The molecule has 1 heterocycles. The molecule has 1 saturated carbocycles. The summed E-state index contributed by atoms with van der Waals surface area (Å²) >= 11 is 0. The highest BCUT2D eigenvalue weighted by Crippen LogP contribution is 2.24. The van der Waals surface area contributed by atoms with E-state index in [-0.39, 0.29) is 11.4 Å². The topological polar surface area (TPSA) is 50.4 Å². The predicted molar refractivity (Wildman–Crippen MR) is 66.8 cm³/mol. The van der Waals surface area contributed by atoms with Gasteiger partial charge in [0.2, 0.25) is 5.91 Å². The van der Waals surface area contributed by atoms with E-state index in [2.05, 4.69) is 10.6 Å². The summed E-state index contributed by atoms with van der Waals surface area (Å²) in [5, 5.41) is 6.52. The molecule has 0 aromatic heterocycles. The second kappa shape index (κ2) is 5.36. The molecule has 3 atom stereocenters. The third-order valence-electron chi connectivity index (χ3n) is 4.17. The molecule has 0 aromatic rings. The zero-order chi connectivity index (χ0) is 12.3. The van der Waals surface area contributed by atoms with Crippen molar-refractivity contribution in [1.82, 2.24) is 10.6 Å². The van der Waals surface area contributed by atoms with Crippen LogP contribution in [0.3, 0.4) is 0 Å². The minimum atomic E-state index is -0.358. The third kappa shape index (κ3) is 2.99. The Morgan fingerprint density at radius 1 is 1.41 bits per heavy atom. The van der Waals surface area contributed by atoms with Crippen molar-refractivity contribution in [3.63, 3.8) is 0 Å². The van der Waals surface area contributed by atoms with Gasteiger partial charge in [-0.1, -0.05) is 0 Å². The van der Waals surface area contributed by atoms with Crippen molar-refractivity contribution in [3.05, 3.63) is 0 Å². The number of hydrogen-bond acceptors (Lipinski definition) is 3. The van der Waals surface area contributed by atoms with Crippen molar-refractivity contribution in [2.24, 2.45) is 0 Å². The van der Waals surface area contributed by atoms with E-state index in [0.717, 1.165) is 38.6 Å². The first kappa shape index (κ1) is 12.8. The lowest BCUT2D eigenvalue weighted by Crippen LogP contribution is -2.58. The van der Waals surface area contributed by atoms with Crippen molar-refractivity contribution in [2.45, 2.75) is 63.1 Å². The smallest absolute Gasteiger partial charge is 0.240 e. The Morgan fingerprint density at radius 3 is 2.82 bits per heavy atom. The van der Waals surface area contributed by atoms with Gasteiger partial charge in [-0.3, -0.25) is 4.79 Å². The Kier molecular flexibility index (Phi) is 4.05. The minimum Gasteiger partial charge on any atom is -0.381 e. The van der Waals surface area contributed by atoms with E-state index in [9.17, 15) is 4.79 Å². The largest absolute Gasteiger partial charge is 0.381 e. The average molecular weight is 240 g/mol. The van der Waals surface area contributed by atoms with Gasteiger partial charge < -0.3 is 15.4 Å². The summed E-state index contributed by atoms with van der Waals surface area (Å²) < 4.78 is 5.33. The number of nitrogens with one attached hydrogen (secondary N) is 2. The molecule has 98 valence electrons. The fourth-order valence-electron chi connectivity index (χ4n) is 2.88. The molecule has 1 aliphatic heterocycles. The maximum Gasteiger partial charge on any atom is 0.240 e. The second-order valence-electron chi connectivity index (χ2n) is 5.56. The van der Waals surface area contributed by atoms with E-state index < -0.39 is 0 Å². The van der Waals surface area contributed by atoms with Gasteiger partial charge in [0.25, 0.3) is 0 Å². The van der Waals surface area contributed by atoms with Crippen LogP contribution in [0, 0.1) is 0 Å². The van der Waals surface area contributed by atoms with Crippen LogP contribution in [-0.4, -0.2) is 37.2 Å². The molecule has 0 radical (unpaired) electrons. The molecule has 4 heteroatoms. The molecule has 0 spiro atoms. The van der Waals surface area contributed by atoms with Crippen molar-refractivity contribution >= 4 is 5.91 Å². The summed E-state index contributed by atoms with van der Waals surface area (Å²) in [6.45, 7) is 2.97. The van der Waals surface area contributed by atoms with Gasteiger partial charge in [0.15, 0.2) is 0 Å². The van der Waals surface area contributed by atoms with Gasteiger partial charge in [-0.2, -0.15) is 0 Å². The molecule has 1 amide bonds. The van der Waals surface area contributed by atoms with Crippen LogP contribution in [0.5, 0.6) is 0 Å². The first-order chi connectivity index (χ1) is 8.14. The number of amides is 1. The van der Waals surface area contributed by atoms with E-state index in [1.54, 1.807) is 7.11 Å². The summed E-state index contributed by atoms with van der Waals surface area (Å²) in [6.07, 6.45) is 6.65. The predicted octanol–water partition coefficient (Wildman–Crippen LogP) is 1.20. The Labute approximate surface area is 103 Å². The molecule has 3 unspecified atom stereocenters. The molecule has 17 heavy (non-hydrogen) atoms. The number of rotatable bonds is 3. The molecule has 2 fully saturated rings. The third-order valence-corrected chi connectivity index (χ3v) is 4.17. The SMILES string of the molecule is COC1CCC(NC(=O)C2(C)CCCCN2)C1. The van der Waals surface area contributed by atoms with Gasteiger partial charge in [0, 0.05) is 13.2 Å². The second-order valence-corrected chi connectivity index (χ2v) is 5.56. The molecule has 0 bridgehead atoms. The fourth-order valence-corrected chi connectivity index (χ4v) is 2.88. The average Bonchev–Trinajstić information content (AvgIpc) is 2.78. The van der Waals surface area contributed by atoms with Gasteiger partial charge in [-0.05, 0) is 52.0 Å². The quantitative estimate of drug-likeness (QED) is 0.779. The molecule has 0 aromatic carbocycles. The summed E-state index contributed by atoms with van der Waals surface area (Å²) in [5.41, 5.74) is -0.358. The van der Waals surface area contributed by atoms with E-state index in [1.807, 2.05) is 6.92 Å². The molecule has 2 aliphatic rings. The molecule has 1 saturated heterocycles. The van der Waals surface area contributed by atoms with E-state index in [1.165, 1.54) is 6.42 Å². The zero-order valence-electron chi connectivity index (χ0n) is 10.9. The Morgan fingerprint density at radius 2 is 2.24 bits per heavy atom. The highest BCUT2D eigenvalue weighted by atomic mass is 16.5. The van der Waals surface area contributed by atoms with Crippen LogP contribution in [0.2, 0.25) is 0 Å². The maximum absolute atomic E-state index is 12.3. The maximum atomic E-state index is 12.3. The van der Waals surface area contributed by atoms with E-state index in [4.69, 9.17) is 4.74 Å². The Bertz CT molecular complexity index is 275. The molecule has 2 rings (SSSR count). The molecule has 4 nitrogen and oxygen atoms in total. The van der Waals surface area contributed by atoms with Crippen LogP contribution in [0.4, 0.5) is 0 Å². The molecular weight excluding hydrogens is 216 g/mol. The number of hydrogen-bond donors (Lipinski definition) is 2. The van der Waals surface area contributed by atoms with Crippen LogP contribution >= 0.6 is 0 Å². The number of ether oxygens (including phenoxy) is 1. The normalized spacial score (nSPS) is 38.0. The van der Waals surface area contributed by atoms with Gasteiger partial charge in [-0.25, -0.2) is 0 Å². The van der Waals surface area contributed by atoms with Crippen molar-refractivity contribution < 1.29 is 9.53 Å². The van der Waals surface area contributed by atoms with Crippen molar-refractivity contribution in [2.75, 3.05) is 13.7 Å². The van der Waals surface area contributed by atoms with E-state index in [0.29, 0.717) is 12.1 Å². The summed E-state index contributed by atoms with van der Waals surface area (Å²) in [6, 6.07) is 0.299. The molecule has 1 aliphatic carbocycles. The Balaban J connectivity index is 1.84. The van der Waals surface area contributed by atoms with Gasteiger partial charge in [0.1, 0.15) is 0 Å².